The lowest BCUT2D eigenvalue weighted by Crippen LogP contribution is -2.02. The van der Waals surface area contributed by atoms with Gasteiger partial charge in [0, 0.05) is 0 Å². The molecule has 0 aliphatic heterocycles. The summed E-state index contributed by atoms with van der Waals surface area (Å²) in [5.74, 6) is 0.898. The molecule has 0 aromatic rings. The fourth-order valence-electron chi connectivity index (χ4n) is 0.156. The Morgan fingerprint density at radius 3 is 1.91 bits per heavy atom. The summed E-state index contributed by atoms with van der Waals surface area (Å²) >= 11 is 1.35. The Hall–Kier alpha value is -0.310. The smallest absolute Gasteiger partial charge is 0.379 e. The van der Waals surface area contributed by atoms with Gasteiger partial charge in [-0.25, -0.2) is 0 Å². The molecule has 0 spiro atoms. The monoisotopic (exact) mass is 202 g/mol. The molecule has 0 amide bonds. The molecule has 0 fully saturated rings. The number of rotatable bonds is 1. The van der Waals surface area contributed by atoms with Crippen molar-refractivity contribution in [2.45, 2.75) is 6.92 Å². The number of nitrogens with one attached hydrogen (secondary N) is 1. The molecule has 0 radical (unpaired) electrons. The van der Waals surface area contributed by atoms with E-state index in [2.05, 4.69) is 0 Å². The third-order valence-electron chi connectivity index (χ3n) is 0.300. The van der Waals surface area contributed by atoms with Gasteiger partial charge in [-0.2, -0.15) is 8.42 Å². The Kier molecular flexibility index (Phi) is 7.74. The molecule has 6 nitrogen and oxygen atoms in total. The maximum Gasteiger partial charge on any atom is 0.394 e. The van der Waals surface area contributed by atoms with E-state index in [9.17, 15) is 0 Å². The molecule has 0 saturated carbocycles. The highest BCUT2D eigenvalue weighted by Gasteiger charge is 1.84. The van der Waals surface area contributed by atoms with Crippen LogP contribution in [0.15, 0.2) is 0 Å². The van der Waals surface area contributed by atoms with Crippen molar-refractivity contribution in [2.75, 3.05) is 5.75 Å². The van der Waals surface area contributed by atoms with Crippen molar-refractivity contribution < 1.29 is 17.5 Å². The lowest BCUT2D eigenvalue weighted by molar-refractivity contribution is 0.381. The SMILES string of the molecule is CCSC(=N)N.O=S(=O)(O)O. The summed E-state index contributed by atoms with van der Waals surface area (Å²) in [6.07, 6.45) is 0. The fraction of sp³-hybridized carbons (Fsp3) is 0.667. The highest BCUT2D eigenvalue weighted by molar-refractivity contribution is 8.13. The molecule has 0 rings (SSSR count). The van der Waals surface area contributed by atoms with Gasteiger partial charge in [-0.15, -0.1) is 0 Å². The summed E-state index contributed by atoms with van der Waals surface area (Å²) in [5.41, 5.74) is 4.95. The molecule has 0 bridgehead atoms. The molecule has 68 valence electrons. The molecular formula is C3H10N2O4S2. The lowest BCUT2D eigenvalue weighted by Gasteiger charge is -1.85. The number of thioether (sulfide) groups is 1. The van der Waals surface area contributed by atoms with E-state index < -0.39 is 10.4 Å². The van der Waals surface area contributed by atoms with E-state index in [1.807, 2.05) is 6.92 Å². The van der Waals surface area contributed by atoms with Crippen LogP contribution < -0.4 is 5.73 Å². The molecule has 0 atom stereocenters. The van der Waals surface area contributed by atoms with Gasteiger partial charge in [0.25, 0.3) is 0 Å². The van der Waals surface area contributed by atoms with Crippen molar-refractivity contribution in [1.82, 2.24) is 0 Å². The van der Waals surface area contributed by atoms with Crippen molar-refractivity contribution in [3.63, 3.8) is 0 Å². The van der Waals surface area contributed by atoms with Crippen LogP contribution in [0.2, 0.25) is 0 Å². The Morgan fingerprint density at radius 2 is 1.91 bits per heavy atom. The standard InChI is InChI=1S/C3H8N2S.H2O4S/c1-2-6-3(4)5;1-5(2,3)4/h2H2,1H3,(H3,4,5);(H2,1,2,3,4). The van der Waals surface area contributed by atoms with Gasteiger partial charge < -0.3 is 5.73 Å². The minimum Gasteiger partial charge on any atom is -0.379 e. The maximum atomic E-state index is 8.74. The second kappa shape index (κ2) is 6.40. The minimum absolute atomic E-state index is 0.206. The number of hydrogen-bond donors (Lipinski definition) is 4. The van der Waals surface area contributed by atoms with Gasteiger partial charge in [0.1, 0.15) is 0 Å². The topological polar surface area (TPSA) is 124 Å². The first kappa shape index (κ1) is 13.3. The number of amidine groups is 1. The highest BCUT2D eigenvalue weighted by Crippen LogP contribution is 1.92. The Balaban J connectivity index is 0. The van der Waals surface area contributed by atoms with Gasteiger partial charge in [-0.1, -0.05) is 18.7 Å². The summed E-state index contributed by atoms with van der Waals surface area (Å²) in [6.45, 7) is 1.96. The second-order valence-corrected chi connectivity index (χ2v) is 3.45. The van der Waals surface area contributed by atoms with Crippen LogP contribution in [0.5, 0.6) is 0 Å². The van der Waals surface area contributed by atoms with Crippen molar-refractivity contribution >= 4 is 27.3 Å². The lowest BCUT2D eigenvalue weighted by atomic mass is 11.0. The molecule has 8 heteroatoms. The van der Waals surface area contributed by atoms with Crippen LogP contribution in [0, 0.1) is 5.41 Å². The van der Waals surface area contributed by atoms with Crippen LogP contribution in [-0.4, -0.2) is 28.4 Å². The normalized spacial score (nSPS) is 9.73. The average molecular weight is 202 g/mol. The molecule has 0 saturated heterocycles. The summed E-state index contributed by atoms with van der Waals surface area (Å²) in [7, 11) is -4.67. The fourth-order valence-corrected chi connectivity index (χ4v) is 0.467. The molecule has 0 unspecified atom stereocenters. The van der Waals surface area contributed by atoms with Crippen LogP contribution in [0.4, 0.5) is 0 Å². The molecular weight excluding hydrogens is 192 g/mol. The Labute approximate surface area is 69.3 Å². The van der Waals surface area contributed by atoms with Gasteiger partial charge in [-0.05, 0) is 5.75 Å². The van der Waals surface area contributed by atoms with Gasteiger partial charge in [0.15, 0.2) is 5.17 Å². The third-order valence-corrected chi connectivity index (χ3v) is 0.900. The van der Waals surface area contributed by atoms with E-state index in [1.165, 1.54) is 11.8 Å². The van der Waals surface area contributed by atoms with Crippen LogP contribution >= 0.6 is 11.8 Å². The van der Waals surface area contributed by atoms with E-state index in [0.717, 1.165) is 5.75 Å². The summed E-state index contributed by atoms with van der Waals surface area (Å²) in [6, 6.07) is 0. The van der Waals surface area contributed by atoms with Crippen LogP contribution in [-0.2, 0) is 10.4 Å². The van der Waals surface area contributed by atoms with E-state index >= 15 is 0 Å². The van der Waals surface area contributed by atoms with E-state index in [4.69, 9.17) is 28.7 Å². The molecule has 11 heavy (non-hydrogen) atoms. The number of hydrogen-bond acceptors (Lipinski definition) is 4. The Bertz CT molecular complexity index is 191. The summed E-state index contributed by atoms with van der Waals surface area (Å²) < 4.78 is 31.6. The zero-order valence-electron chi connectivity index (χ0n) is 5.81. The molecule has 0 aliphatic carbocycles. The summed E-state index contributed by atoms with van der Waals surface area (Å²) in [4.78, 5) is 0. The van der Waals surface area contributed by atoms with E-state index in [1.54, 1.807) is 0 Å². The third kappa shape index (κ3) is 79.2. The van der Waals surface area contributed by atoms with Gasteiger partial charge in [-0.3, -0.25) is 14.5 Å². The molecule has 0 aromatic heterocycles. The molecule has 5 N–H and O–H groups in total. The second-order valence-electron chi connectivity index (χ2n) is 1.25. The first-order chi connectivity index (χ1) is 4.77. The van der Waals surface area contributed by atoms with Gasteiger partial charge in [0.05, 0.1) is 0 Å². The van der Waals surface area contributed by atoms with Crippen LogP contribution in [0.3, 0.4) is 0 Å². The first-order valence-corrected chi connectivity index (χ1v) is 4.82. The van der Waals surface area contributed by atoms with Crippen molar-refractivity contribution in [1.29, 1.82) is 5.41 Å². The van der Waals surface area contributed by atoms with E-state index in [0.29, 0.717) is 0 Å². The van der Waals surface area contributed by atoms with Crippen LogP contribution in [0.1, 0.15) is 6.92 Å². The van der Waals surface area contributed by atoms with Crippen molar-refractivity contribution in [3.8, 4) is 0 Å². The first-order valence-electron chi connectivity index (χ1n) is 2.44. The Morgan fingerprint density at radius 1 is 1.64 bits per heavy atom. The van der Waals surface area contributed by atoms with E-state index in [-0.39, 0.29) is 5.17 Å². The predicted octanol–water partition coefficient (Wildman–Crippen LogP) is -0.0198. The minimum atomic E-state index is -4.67. The van der Waals surface area contributed by atoms with Gasteiger partial charge in [0.2, 0.25) is 0 Å². The molecule has 0 heterocycles. The zero-order valence-corrected chi connectivity index (χ0v) is 7.44. The maximum absolute atomic E-state index is 8.74. The van der Waals surface area contributed by atoms with Crippen molar-refractivity contribution in [2.24, 2.45) is 5.73 Å². The zero-order chi connectivity index (χ0) is 9.49. The van der Waals surface area contributed by atoms with Crippen LogP contribution in [0.25, 0.3) is 0 Å². The average Bonchev–Trinajstić information content (AvgIpc) is 1.58. The highest BCUT2D eigenvalue weighted by atomic mass is 32.3. The predicted molar refractivity (Wildman–Crippen MR) is 44.2 cm³/mol. The van der Waals surface area contributed by atoms with Crippen molar-refractivity contribution in [3.05, 3.63) is 0 Å². The van der Waals surface area contributed by atoms with Gasteiger partial charge >= 0.3 is 10.4 Å². The molecule has 0 aliphatic rings. The largest absolute Gasteiger partial charge is 0.394 e. The quantitative estimate of drug-likeness (QED) is 0.269. The molecule has 0 aromatic carbocycles. The number of nitrogens with two attached hydrogens (primary N) is 1. The summed E-state index contributed by atoms with van der Waals surface area (Å²) in [5, 5.41) is 6.84.